The summed E-state index contributed by atoms with van der Waals surface area (Å²) in [7, 11) is 1.77. The zero-order chi connectivity index (χ0) is 13.4. The van der Waals surface area contributed by atoms with Crippen LogP contribution in [-0.4, -0.2) is 20.8 Å². The van der Waals surface area contributed by atoms with Crippen molar-refractivity contribution in [2.75, 3.05) is 12.4 Å². The van der Waals surface area contributed by atoms with Crippen molar-refractivity contribution < 1.29 is 13.2 Å². The van der Waals surface area contributed by atoms with E-state index in [1.165, 1.54) is 0 Å². The van der Waals surface area contributed by atoms with Crippen LogP contribution in [0.1, 0.15) is 24.8 Å². The molecule has 0 aliphatic heterocycles. The van der Waals surface area contributed by atoms with Gasteiger partial charge in [-0.3, -0.25) is 0 Å². The van der Waals surface area contributed by atoms with Crippen molar-refractivity contribution in [3.8, 4) is 0 Å². The SMILES string of the molecule is O=S(=O)(Cl)CCCCCOCc1ccccc1Br. The monoisotopic (exact) mass is 354 g/mol. The summed E-state index contributed by atoms with van der Waals surface area (Å²) in [5, 5.41) is 0. The van der Waals surface area contributed by atoms with Gasteiger partial charge in [-0.2, -0.15) is 0 Å². The molecular weight excluding hydrogens is 340 g/mol. The average molecular weight is 356 g/mol. The van der Waals surface area contributed by atoms with Crippen molar-refractivity contribution in [2.45, 2.75) is 25.9 Å². The van der Waals surface area contributed by atoms with E-state index in [1.54, 1.807) is 0 Å². The summed E-state index contributed by atoms with van der Waals surface area (Å²) in [6, 6.07) is 7.91. The van der Waals surface area contributed by atoms with Gasteiger partial charge in [0.25, 0.3) is 0 Å². The molecule has 3 nitrogen and oxygen atoms in total. The molecule has 0 radical (unpaired) electrons. The first kappa shape index (κ1) is 16.0. The second kappa shape index (κ2) is 8.15. The standard InChI is InChI=1S/C12H16BrClO3S/c13-12-7-3-2-6-11(12)10-17-8-4-1-5-9-18(14,15)16/h2-3,6-7H,1,4-5,8-10H2. The van der Waals surface area contributed by atoms with E-state index in [2.05, 4.69) is 15.9 Å². The highest BCUT2D eigenvalue weighted by Gasteiger charge is 2.03. The maximum Gasteiger partial charge on any atom is 0.232 e. The van der Waals surface area contributed by atoms with Crippen molar-refractivity contribution in [3.05, 3.63) is 34.3 Å². The molecule has 0 aliphatic carbocycles. The molecular formula is C12H16BrClO3S. The van der Waals surface area contributed by atoms with E-state index in [9.17, 15) is 8.42 Å². The number of benzene rings is 1. The predicted octanol–water partition coefficient (Wildman–Crippen LogP) is 3.70. The number of hydrogen-bond donors (Lipinski definition) is 0. The summed E-state index contributed by atoms with van der Waals surface area (Å²) < 4.78 is 27.9. The van der Waals surface area contributed by atoms with Crippen LogP contribution in [0.5, 0.6) is 0 Å². The van der Waals surface area contributed by atoms with E-state index in [4.69, 9.17) is 15.4 Å². The third-order valence-corrected chi connectivity index (χ3v) is 4.41. The Labute approximate surface area is 121 Å². The van der Waals surface area contributed by atoms with Gasteiger partial charge in [-0.15, -0.1) is 0 Å². The van der Waals surface area contributed by atoms with Crippen LogP contribution in [0, 0.1) is 0 Å². The Balaban J connectivity index is 2.08. The van der Waals surface area contributed by atoms with Gasteiger partial charge in [0.1, 0.15) is 0 Å². The molecule has 0 aromatic heterocycles. The van der Waals surface area contributed by atoms with Gasteiger partial charge in [0.2, 0.25) is 9.05 Å². The molecule has 0 amide bonds. The smallest absolute Gasteiger partial charge is 0.232 e. The Kier molecular flexibility index (Phi) is 7.22. The predicted molar refractivity (Wildman–Crippen MR) is 77.3 cm³/mol. The molecule has 1 aromatic carbocycles. The van der Waals surface area contributed by atoms with Crippen LogP contribution in [-0.2, 0) is 20.4 Å². The van der Waals surface area contributed by atoms with Crippen molar-refractivity contribution >= 4 is 35.7 Å². The first-order valence-corrected chi connectivity index (χ1v) is 8.99. The lowest BCUT2D eigenvalue weighted by Gasteiger charge is -2.05. The molecule has 0 saturated carbocycles. The zero-order valence-electron chi connectivity index (χ0n) is 9.94. The summed E-state index contributed by atoms with van der Waals surface area (Å²) >= 11 is 3.45. The molecule has 1 aromatic rings. The molecule has 0 spiro atoms. The van der Waals surface area contributed by atoms with Crippen LogP contribution < -0.4 is 0 Å². The number of unbranched alkanes of at least 4 members (excludes halogenated alkanes) is 2. The average Bonchev–Trinajstić information content (AvgIpc) is 2.28. The van der Waals surface area contributed by atoms with Crippen LogP contribution in [0.15, 0.2) is 28.7 Å². The van der Waals surface area contributed by atoms with E-state index >= 15 is 0 Å². The van der Waals surface area contributed by atoms with Gasteiger partial charge >= 0.3 is 0 Å². The topological polar surface area (TPSA) is 43.4 Å². The third kappa shape index (κ3) is 7.36. The largest absolute Gasteiger partial charge is 0.377 e. The number of hydrogen-bond acceptors (Lipinski definition) is 3. The van der Waals surface area contributed by atoms with Crippen LogP contribution in [0.4, 0.5) is 0 Å². The Morgan fingerprint density at radius 3 is 2.56 bits per heavy atom. The lowest BCUT2D eigenvalue weighted by Crippen LogP contribution is -1.99. The Hall–Kier alpha value is -0.100. The van der Waals surface area contributed by atoms with Gasteiger partial charge in [-0.25, -0.2) is 8.42 Å². The molecule has 0 atom stereocenters. The molecule has 0 fully saturated rings. The molecule has 1 rings (SSSR count). The Bertz CT molecular complexity index is 462. The van der Waals surface area contributed by atoms with Crippen molar-refractivity contribution in [1.82, 2.24) is 0 Å². The second-order valence-electron chi connectivity index (χ2n) is 3.95. The first-order valence-electron chi connectivity index (χ1n) is 5.72. The minimum Gasteiger partial charge on any atom is -0.377 e. The van der Waals surface area contributed by atoms with Gasteiger partial charge in [-0.1, -0.05) is 40.5 Å². The van der Waals surface area contributed by atoms with Gasteiger partial charge in [0, 0.05) is 21.8 Å². The molecule has 0 unspecified atom stereocenters. The van der Waals surface area contributed by atoms with Gasteiger partial charge < -0.3 is 4.74 Å². The maximum atomic E-state index is 10.7. The summed E-state index contributed by atoms with van der Waals surface area (Å²) in [5.41, 5.74) is 1.11. The normalized spacial score (nSPS) is 11.7. The number of halogens is 2. The molecule has 0 N–H and O–H groups in total. The van der Waals surface area contributed by atoms with Crippen molar-refractivity contribution in [3.63, 3.8) is 0 Å². The highest BCUT2D eigenvalue weighted by Crippen LogP contribution is 2.16. The first-order chi connectivity index (χ1) is 8.49. The minimum absolute atomic E-state index is 0.0405. The van der Waals surface area contributed by atoms with E-state index in [-0.39, 0.29) is 5.75 Å². The van der Waals surface area contributed by atoms with E-state index in [1.807, 2.05) is 24.3 Å². The lowest BCUT2D eigenvalue weighted by molar-refractivity contribution is 0.116. The van der Waals surface area contributed by atoms with E-state index in [0.717, 1.165) is 22.9 Å². The number of rotatable bonds is 8. The van der Waals surface area contributed by atoms with Crippen LogP contribution in [0.25, 0.3) is 0 Å². The van der Waals surface area contributed by atoms with Gasteiger partial charge in [0.15, 0.2) is 0 Å². The van der Waals surface area contributed by atoms with E-state index < -0.39 is 9.05 Å². The van der Waals surface area contributed by atoms with Crippen LogP contribution >= 0.6 is 26.6 Å². The second-order valence-corrected chi connectivity index (χ2v) is 7.70. The molecule has 6 heteroatoms. The molecule has 0 bridgehead atoms. The van der Waals surface area contributed by atoms with Crippen LogP contribution in [0.2, 0.25) is 0 Å². The molecule has 0 aliphatic rings. The Morgan fingerprint density at radius 1 is 1.17 bits per heavy atom. The van der Waals surface area contributed by atoms with Crippen molar-refractivity contribution in [2.24, 2.45) is 0 Å². The molecule has 18 heavy (non-hydrogen) atoms. The Morgan fingerprint density at radius 2 is 1.89 bits per heavy atom. The lowest BCUT2D eigenvalue weighted by atomic mass is 10.2. The maximum absolute atomic E-state index is 10.7. The fourth-order valence-corrected chi connectivity index (χ4v) is 2.73. The van der Waals surface area contributed by atoms with Crippen molar-refractivity contribution in [1.29, 1.82) is 0 Å². The zero-order valence-corrected chi connectivity index (χ0v) is 13.1. The van der Waals surface area contributed by atoms with E-state index in [0.29, 0.717) is 19.6 Å². The quantitative estimate of drug-likeness (QED) is 0.527. The minimum atomic E-state index is -3.34. The summed E-state index contributed by atoms with van der Waals surface area (Å²) in [4.78, 5) is 0. The van der Waals surface area contributed by atoms with Gasteiger partial charge in [0.05, 0.1) is 12.4 Å². The van der Waals surface area contributed by atoms with Gasteiger partial charge in [-0.05, 0) is 24.5 Å². The van der Waals surface area contributed by atoms with Crippen LogP contribution in [0.3, 0.4) is 0 Å². The fraction of sp³-hybridized carbons (Fsp3) is 0.500. The summed E-state index contributed by atoms with van der Waals surface area (Å²) in [6.45, 7) is 1.19. The fourth-order valence-electron chi connectivity index (χ4n) is 1.45. The summed E-state index contributed by atoms with van der Waals surface area (Å²) in [6.07, 6.45) is 2.24. The highest BCUT2D eigenvalue weighted by molar-refractivity contribution is 9.10. The molecule has 102 valence electrons. The third-order valence-electron chi connectivity index (χ3n) is 2.39. The molecule has 0 saturated heterocycles. The highest BCUT2D eigenvalue weighted by atomic mass is 79.9. The molecule has 0 heterocycles. The summed E-state index contributed by atoms with van der Waals surface area (Å²) in [5.74, 6) is 0.0405. The number of ether oxygens (including phenoxy) is 1.